The highest BCUT2D eigenvalue weighted by molar-refractivity contribution is 5.76. The molecule has 284 valence electrons. The maximum atomic E-state index is 13.4. The van der Waals surface area contributed by atoms with Crippen LogP contribution in [0.25, 0.3) is 0 Å². The van der Waals surface area contributed by atoms with Crippen LogP contribution in [0.2, 0.25) is 0 Å². The molecule has 0 saturated carbocycles. The molecule has 5 heteroatoms. The Balaban J connectivity index is 0.00000138. The summed E-state index contributed by atoms with van der Waals surface area (Å²) < 4.78 is 0. The van der Waals surface area contributed by atoms with E-state index in [2.05, 4.69) is 55.5 Å². The van der Waals surface area contributed by atoms with Crippen molar-refractivity contribution in [2.24, 2.45) is 11.3 Å². The number of aliphatic hydroxyl groups is 3. The number of carbonyl (C=O) groups is 1. The van der Waals surface area contributed by atoms with Crippen molar-refractivity contribution in [1.82, 2.24) is 0 Å². The summed E-state index contributed by atoms with van der Waals surface area (Å²) in [6.45, 7) is 1.56. The lowest BCUT2D eigenvalue weighted by Gasteiger charge is -2.38. The van der Waals surface area contributed by atoms with Crippen molar-refractivity contribution in [2.75, 3.05) is 13.2 Å². The molecule has 4 N–H and O–H groups in total. The second kappa shape index (κ2) is 28.6. The quantitative estimate of drug-likeness (QED) is 0.0565. The van der Waals surface area contributed by atoms with Gasteiger partial charge in [-0.1, -0.05) is 207 Å². The Morgan fingerprint density at radius 3 is 1.18 bits per heavy atom. The van der Waals surface area contributed by atoms with E-state index in [9.17, 15) is 9.90 Å². The summed E-state index contributed by atoms with van der Waals surface area (Å²) >= 11 is 0. The van der Waals surface area contributed by atoms with Crippen LogP contribution >= 0.6 is 0 Å². The van der Waals surface area contributed by atoms with Crippen LogP contribution in [0.5, 0.6) is 0 Å². The first-order valence-electron chi connectivity index (χ1n) is 20.2. The molecule has 0 amide bonds. The molecular formula is C46H70O5. The first-order chi connectivity index (χ1) is 24.9. The minimum atomic E-state index is -0.954. The molecule has 3 aromatic carbocycles. The lowest BCUT2D eigenvalue weighted by atomic mass is 9.64. The minimum Gasteiger partial charge on any atom is -0.481 e. The van der Waals surface area contributed by atoms with Crippen molar-refractivity contribution < 1.29 is 25.2 Å². The molecule has 0 bridgehead atoms. The van der Waals surface area contributed by atoms with Gasteiger partial charge < -0.3 is 20.4 Å². The van der Waals surface area contributed by atoms with E-state index < -0.39 is 17.5 Å². The first kappa shape index (κ1) is 44.2. The van der Waals surface area contributed by atoms with Gasteiger partial charge in [-0.25, -0.2) is 0 Å². The number of carboxylic acids is 1. The summed E-state index contributed by atoms with van der Waals surface area (Å²) in [5, 5.41) is 35.1. The monoisotopic (exact) mass is 703 g/mol. The van der Waals surface area contributed by atoms with Crippen molar-refractivity contribution >= 4 is 5.97 Å². The van der Waals surface area contributed by atoms with E-state index in [-0.39, 0.29) is 19.1 Å². The van der Waals surface area contributed by atoms with Crippen LogP contribution in [0.3, 0.4) is 0 Å². The van der Waals surface area contributed by atoms with E-state index >= 15 is 0 Å². The van der Waals surface area contributed by atoms with Crippen LogP contribution in [0.15, 0.2) is 91.0 Å². The van der Waals surface area contributed by atoms with Crippen LogP contribution < -0.4 is 0 Å². The van der Waals surface area contributed by atoms with Crippen molar-refractivity contribution in [1.29, 1.82) is 0 Å². The second-order valence-electron chi connectivity index (χ2n) is 14.6. The predicted molar refractivity (Wildman–Crippen MR) is 213 cm³/mol. The highest BCUT2D eigenvalue weighted by Gasteiger charge is 2.45. The second-order valence-corrected chi connectivity index (χ2v) is 14.6. The number of aliphatic carboxylic acids is 1. The molecule has 1 unspecified atom stereocenters. The van der Waals surface area contributed by atoms with Crippen LogP contribution in [0.4, 0.5) is 0 Å². The van der Waals surface area contributed by atoms with Crippen LogP contribution in [-0.2, 0) is 24.1 Å². The van der Waals surface area contributed by atoms with Gasteiger partial charge in [0, 0.05) is 0 Å². The third kappa shape index (κ3) is 19.4. The number of benzene rings is 3. The Bertz CT molecular complexity index is 1170. The predicted octanol–water partition coefficient (Wildman–Crippen LogP) is 10.8. The summed E-state index contributed by atoms with van der Waals surface area (Å²) in [4.78, 5) is 13.4. The van der Waals surface area contributed by atoms with Gasteiger partial charge >= 0.3 is 5.97 Å². The molecule has 1 atom stereocenters. The fourth-order valence-electron chi connectivity index (χ4n) is 7.24. The summed E-state index contributed by atoms with van der Waals surface area (Å²) in [5.41, 5.74) is 2.59. The van der Waals surface area contributed by atoms with Gasteiger partial charge in [0.25, 0.3) is 0 Å². The van der Waals surface area contributed by atoms with E-state index in [1.165, 1.54) is 108 Å². The third-order valence-corrected chi connectivity index (χ3v) is 10.3. The summed E-state index contributed by atoms with van der Waals surface area (Å²) in [5.74, 6) is -0.614. The third-order valence-electron chi connectivity index (χ3n) is 10.3. The molecule has 0 aromatic heterocycles. The highest BCUT2D eigenvalue weighted by atomic mass is 16.4. The standard InChI is InChI=1S/C43H62O2.C3H8O3/c1-2-3-4-5-6-7-8-9-10-11-12-13-14-15-16-17-27-34-41(35-38-28-21-18-22-29-38)43(42(44)45,36-39-30-23-19-24-31-39)37-40-32-25-20-26-33-40;4-1-3(6)2-5/h18-26,28-33,41H,2-17,27,34-37H2,1H3,(H,44,45);3-6H,1-2H2. The molecule has 0 spiro atoms. The molecule has 0 radical (unpaired) electrons. The summed E-state index contributed by atoms with van der Waals surface area (Å²) in [6.07, 6.45) is 25.0. The highest BCUT2D eigenvalue weighted by Crippen LogP contribution is 2.41. The maximum Gasteiger partial charge on any atom is 0.310 e. The van der Waals surface area contributed by atoms with E-state index in [1.54, 1.807) is 0 Å². The van der Waals surface area contributed by atoms with Gasteiger partial charge in [0.1, 0.15) is 6.10 Å². The Hall–Kier alpha value is -2.99. The van der Waals surface area contributed by atoms with Gasteiger partial charge in [-0.2, -0.15) is 0 Å². The first-order valence-corrected chi connectivity index (χ1v) is 20.2. The number of carboxylic acid groups (broad SMARTS) is 1. The largest absolute Gasteiger partial charge is 0.481 e. The van der Waals surface area contributed by atoms with Gasteiger partial charge in [-0.3, -0.25) is 4.79 Å². The van der Waals surface area contributed by atoms with Gasteiger partial charge in [0.05, 0.1) is 18.6 Å². The Kier molecular flexibility index (Phi) is 24.8. The number of hydrogen-bond acceptors (Lipinski definition) is 4. The van der Waals surface area contributed by atoms with E-state index in [0.29, 0.717) is 12.8 Å². The van der Waals surface area contributed by atoms with Gasteiger partial charge in [-0.15, -0.1) is 0 Å². The van der Waals surface area contributed by atoms with Crippen molar-refractivity contribution in [3.63, 3.8) is 0 Å². The van der Waals surface area contributed by atoms with Gasteiger partial charge in [0.2, 0.25) is 0 Å². The van der Waals surface area contributed by atoms with Crippen LogP contribution in [0, 0.1) is 11.3 Å². The fraction of sp³-hybridized carbons (Fsp3) is 0.587. The maximum absolute atomic E-state index is 13.4. The molecule has 3 aromatic rings. The molecule has 0 aliphatic rings. The summed E-state index contributed by atoms with van der Waals surface area (Å²) in [6, 6.07) is 31.1. The Morgan fingerprint density at radius 2 is 0.863 bits per heavy atom. The molecule has 5 nitrogen and oxygen atoms in total. The van der Waals surface area contributed by atoms with Crippen molar-refractivity contribution in [2.45, 2.75) is 148 Å². The average Bonchev–Trinajstić information content (AvgIpc) is 3.16. The molecular weight excluding hydrogens is 633 g/mol. The lowest BCUT2D eigenvalue weighted by molar-refractivity contribution is -0.153. The van der Waals surface area contributed by atoms with Crippen LogP contribution in [0.1, 0.15) is 139 Å². The lowest BCUT2D eigenvalue weighted by Crippen LogP contribution is -2.44. The minimum absolute atomic E-state index is 0.0501. The molecule has 0 saturated heterocycles. The summed E-state index contributed by atoms with van der Waals surface area (Å²) in [7, 11) is 0. The van der Waals surface area contributed by atoms with Crippen molar-refractivity contribution in [3.8, 4) is 0 Å². The van der Waals surface area contributed by atoms with Gasteiger partial charge in [0.15, 0.2) is 0 Å². The zero-order chi connectivity index (χ0) is 36.8. The Morgan fingerprint density at radius 1 is 0.529 bits per heavy atom. The molecule has 0 fully saturated rings. The zero-order valence-electron chi connectivity index (χ0n) is 31.8. The molecule has 0 aliphatic heterocycles. The van der Waals surface area contributed by atoms with E-state index in [4.69, 9.17) is 15.3 Å². The van der Waals surface area contributed by atoms with Crippen LogP contribution in [-0.4, -0.2) is 45.7 Å². The molecule has 0 heterocycles. The molecule has 51 heavy (non-hydrogen) atoms. The zero-order valence-corrected chi connectivity index (χ0v) is 31.8. The number of aliphatic hydroxyl groups excluding tert-OH is 3. The number of hydrogen-bond donors (Lipinski definition) is 4. The van der Waals surface area contributed by atoms with E-state index in [1.807, 2.05) is 42.5 Å². The smallest absolute Gasteiger partial charge is 0.310 e. The fourth-order valence-corrected chi connectivity index (χ4v) is 7.24. The van der Waals surface area contributed by atoms with Crippen molar-refractivity contribution in [3.05, 3.63) is 108 Å². The van der Waals surface area contributed by atoms with Gasteiger partial charge in [-0.05, 0) is 48.3 Å². The molecule has 0 aliphatic carbocycles. The normalized spacial score (nSPS) is 12.0. The molecule has 3 rings (SSSR count). The number of unbranched alkanes of at least 4 members (excludes halogenated alkanes) is 16. The van der Waals surface area contributed by atoms with E-state index in [0.717, 1.165) is 30.4 Å². The average molecular weight is 703 g/mol. The Labute approximate surface area is 310 Å². The topological polar surface area (TPSA) is 98.0 Å². The SMILES string of the molecule is CCCCCCCCCCCCCCCCCCCC(Cc1ccccc1)C(Cc1ccccc1)(Cc1ccccc1)C(=O)O.OCC(O)CO. The number of rotatable bonds is 28.